The fourth-order valence-corrected chi connectivity index (χ4v) is 4.56. The van der Waals surface area contributed by atoms with Crippen LogP contribution in [0.3, 0.4) is 0 Å². The summed E-state index contributed by atoms with van der Waals surface area (Å²) >= 11 is 0. The number of carbonyl (C=O) groups excluding carboxylic acids is 1. The number of ether oxygens (including phenoxy) is 1. The summed E-state index contributed by atoms with van der Waals surface area (Å²) in [6.07, 6.45) is 9.76. The van der Waals surface area contributed by atoms with E-state index in [-0.39, 0.29) is 5.91 Å². The maximum absolute atomic E-state index is 13.0. The van der Waals surface area contributed by atoms with E-state index in [4.69, 9.17) is 4.74 Å². The molecule has 7 nitrogen and oxygen atoms in total. The van der Waals surface area contributed by atoms with E-state index in [1.54, 1.807) is 0 Å². The number of morpholine rings is 1. The van der Waals surface area contributed by atoms with E-state index >= 15 is 0 Å². The molecule has 4 aromatic rings. The molecule has 176 valence electrons. The minimum atomic E-state index is -0.101. The number of aromatic nitrogens is 3. The topological polar surface area (TPSA) is 63.8 Å². The van der Waals surface area contributed by atoms with Crippen molar-refractivity contribution in [2.75, 3.05) is 36.5 Å². The Morgan fingerprint density at radius 3 is 2.59 bits per heavy atom. The smallest absolute Gasteiger partial charge is 0.257 e. The Hall–Kier alpha value is -3.58. The van der Waals surface area contributed by atoms with Crippen LogP contribution in [-0.2, 0) is 4.74 Å². The minimum Gasteiger partial charge on any atom is -0.378 e. The van der Waals surface area contributed by atoms with Crippen molar-refractivity contribution in [3.8, 4) is 11.1 Å². The molecule has 1 aliphatic heterocycles. The highest BCUT2D eigenvalue weighted by Gasteiger charge is 2.18. The molecule has 7 heteroatoms. The summed E-state index contributed by atoms with van der Waals surface area (Å²) in [7, 11) is 0. The summed E-state index contributed by atoms with van der Waals surface area (Å²) in [6, 6.07) is 8.61. The van der Waals surface area contributed by atoms with Crippen LogP contribution in [0.25, 0.3) is 16.8 Å². The van der Waals surface area contributed by atoms with Gasteiger partial charge in [-0.2, -0.15) is 0 Å². The number of benzene rings is 1. The van der Waals surface area contributed by atoms with Crippen LogP contribution in [0.2, 0.25) is 0 Å². The van der Waals surface area contributed by atoms with E-state index in [0.717, 1.165) is 65.6 Å². The summed E-state index contributed by atoms with van der Waals surface area (Å²) in [5, 5.41) is 3.13. The molecule has 1 fully saturated rings. The van der Waals surface area contributed by atoms with Crippen molar-refractivity contribution in [2.24, 2.45) is 0 Å². The molecule has 0 bridgehead atoms. The van der Waals surface area contributed by atoms with Crippen LogP contribution >= 0.6 is 0 Å². The predicted molar refractivity (Wildman–Crippen MR) is 136 cm³/mol. The van der Waals surface area contributed by atoms with Gasteiger partial charge in [-0.25, -0.2) is 4.98 Å². The predicted octanol–water partition coefficient (Wildman–Crippen LogP) is 5.09. The SMILES string of the molecule is Cc1cc(C)c(-c2cc(N3CCOCC3)c3nccn3c2)cc1NC(=O)c1ccn(C(C)C)c1. The lowest BCUT2D eigenvalue weighted by molar-refractivity contribution is 0.102. The second-order valence-electron chi connectivity index (χ2n) is 9.25. The third-order valence-electron chi connectivity index (χ3n) is 6.52. The van der Waals surface area contributed by atoms with Crippen LogP contribution in [0, 0.1) is 13.8 Å². The van der Waals surface area contributed by atoms with Crippen LogP contribution in [0.5, 0.6) is 0 Å². The number of nitrogens with one attached hydrogen (secondary N) is 1. The van der Waals surface area contributed by atoms with E-state index < -0.39 is 0 Å². The molecule has 0 saturated carbocycles. The first kappa shape index (κ1) is 22.2. The van der Waals surface area contributed by atoms with Crippen molar-refractivity contribution in [3.63, 3.8) is 0 Å². The molecule has 3 aromatic heterocycles. The Morgan fingerprint density at radius 2 is 1.85 bits per heavy atom. The third-order valence-corrected chi connectivity index (χ3v) is 6.52. The first-order valence-corrected chi connectivity index (χ1v) is 11.8. The average molecular weight is 458 g/mol. The Morgan fingerprint density at radius 1 is 1.06 bits per heavy atom. The monoisotopic (exact) mass is 457 g/mol. The molecule has 34 heavy (non-hydrogen) atoms. The van der Waals surface area contributed by atoms with Gasteiger partial charge in [0.15, 0.2) is 5.65 Å². The molecule has 5 rings (SSSR count). The molecular formula is C27H31N5O2. The summed E-state index contributed by atoms with van der Waals surface area (Å²) in [5.74, 6) is -0.101. The Kier molecular flexibility index (Phi) is 5.87. The first-order chi connectivity index (χ1) is 16.4. The van der Waals surface area contributed by atoms with E-state index in [9.17, 15) is 4.79 Å². The average Bonchev–Trinajstić information content (AvgIpc) is 3.51. The van der Waals surface area contributed by atoms with Gasteiger partial charge in [0, 0.05) is 61.4 Å². The Bertz CT molecular complexity index is 1340. The Labute approximate surface area is 200 Å². The molecule has 0 radical (unpaired) electrons. The van der Waals surface area contributed by atoms with Crippen molar-refractivity contribution in [2.45, 2.75) is 33.7 Å². The number of fused-ring (bicyclic) bond motifs is 1. The van der Waals surface area contributed by atoms with Crippen LogP contribution in [0.4, 0.5) is 11.4 Å². The van der Waals surface area contributed by atoms with Gasteiger partial charge in [-0.1, -0.05) is 6.07 Å². The molecule has 0 spiro atoms. The fraction of sp³-hybridized carbons (Fsp3) is 0.333. The number of carbonyl (C=O) groups is 1. The largest absolute Gasteiger partial charge is 0.378 e. The zero-order valence-corrected chi connectivity index (χ0v) is 20.2. The van der Waals surface area contributed by atoms with E-state index in [1.807, 2.05) is 42.3 Å². The van der Waals surface area contributed by atoms with Gasteiger partial charge in [0.05, 0.1) is 24.5 Å². The zero-order valence-electron chi connectivity index (χ0n) is 20.2. The van der Waals surface area contributed by atoms with Crippen LogP contribution in [-0.4, -0.2) is 46.2 Å². The molecule has 0 unspecified atom stereocenters. The number of rotatable bonds is 5. The first-order valence-electron chi connectivity index (χ1n) is 11.8. The standard InChI is InChI=1S/C27H31N5O2/c1-18(2)31-7-5-21(16-31)27(33)29-24-15-23(19(3)13-20(24)4)22-14-25(30-9-11-34-12-10-30)26-28-6-8-32(26)17-22/h5-8,13-18H,9-12H2,1-4H3,(H,29,33). The summed E-state index contributed by atoms with van der Waals surface area (Å²) < 4.78 is 9.67. The number of amides is 1. The van der Waals surface area contributed by atoms with Crippen molar-refractivity contribution >= 4 is 22.9 Å². The highest BCUT2D eigenvalue weighted by atomic mass is 16.5. The quantitative estimate of drug-likeness (QED) is 0.453. The Balaban J connectivity index is 1.52. The molecule has 1 aromatic carbocycles. The molecule has 0 aliphatic carbocycles. The molecule has 0 atom stereocenters. The normalized spacial score (nSPS) is 14.2. The maximum Gasteiger partial charge on any atom is 0.257 e. The van der Waals surface area contributed by atoms with Crippen LogP contribution < -0.4 is 10.2 Å². The van der Waals surface area contributed by atoms with Crippen LogP contribution in [0.1, 0.15) is 41.4 Å². The van der Waals surface area contributed by atoms with Crippen molar-refractivity contribution in [1.29, 1.82) is 0 Å². The number of nitrogens with zero attached hydrogens (tertiary/aromatic N) is 4. The van der Waals surface area contributed by atoms with E-state index in [2.05, 4.69) is 64.8 Å². The van der Waals surface area contributed by atoms with Gasteiger partial charge in [-0.05, 0) is 62.6 Å². The zero-order chi connectivity index (χ0) is 23.8. The minimum absolute atomic E-state index is 0.101. The summed E-state index contributed by atoms with van der Waals surface area (Å²) in [4.78, 5) is 19.9. The number of pyridine rings is 1. The second-order valence-corrected chi connectivity index (χ2v) is 9.25. The van der Waals surface area contributed by atoms with Gasteiger partial charge in [0.2, 0.25) is 0 Å². The molecule has 4 heterocycles. The molecular weight excluding hydrogens is 426 g/mol. The third kappa shape index (κ3) is 4.19. The van der Waals surface area contributed by atoms with Crippen molar-refractivity contribution < 1.29 is 9.53 Å². The van der Waals surface area contributed by atoms with Gasteiger partial charge in [0.25, 0.3) is 5.91 Å². The number of aryl methyl sites for hydroxylation is 2. The van der Waals surface area contributed by atoms with Crippen LogP contribution in [0.15, 0.2) is 55.2 Å². The fourth-order valence-electron chi connectivity index (χ4n) is 4.56. The maximum atomic E-state index is 13.0. The van der Waals surface area contributed by atoms with Gasteiger partial charge >= 0.3 is 0 Å². The lowest BCUT2D eigenvalue weighted by Crippen LogP contribution is -2.36. The van der Waals surface area contributed by atoms with Gasteiger partial charge in [-0.3, -0.25) is 4.79 Å². The molecule has 1 N–H and O–H groups in total. The van der Waals surface area contributed by atoms with Gasteiger partial charge < -0.3 is 23.9 Å². The molecule has 1 saturated heterocycles. The second kappa shape index (κ2) is 8.99. The van der Waals surface area contributed by atoms with Gasteiger partial charge in [0.1, 0.15) is 0 Å². The highest BCUT2D eigenvalue weighted by Crippen LogP contribution is 2.33. The number of anilines is 2. The van der Waals surface area contributed by atoms with E-state index in [1.165, 1.54) is 0 Å². The number of hydrogen-bond donors (Lipinski definition) is 1. The molecule has 1 aliphatic rings. The summed E-state index contributed by atoms with van der Waals surface area (Å²) in [6.45, 7) is 11.5. The number of imidazole rings is 1. The van der Waals surface area contributed by atoms with Gasteiger partial charge in [-0.15, -0.1) is 0 Å². The van der Waals surface area contributed by atoms with E-state index in [0.29, 0.717) is 11.6 Å². The van der Waals surface area contributed by atoms with Crippen molar-refractivity contribution in [3.05, 3.63) is 71.9 Å². The number of hydrogen-bond acceptors (Lipinski definition) is 4. The highest BCUT2D eigenvalue weighted by molar-refractivity contribution is 6.05. The summed E-state index contributed by atoms with van der Waals surface area (Å²) in [5.41, 5.74) is 7.90. The lowest BCUT2D eigenvalue weighted by atomic mass is 9.97. The van der Waals surface area contributed by atoms with Crippen molar-refractivity contribution in [1.82, 2.24) is 14.0 Å². The molecule has 1 amide bonds. The lowest BCUT2D eigenvalue weighted by Gasteiger charge is -2.29.